The van der Waals surface area contributed by atoms with Crippen LogP contribution in [-0.2, 0) is 9.53 Å². The van der Waals surface area contributed by atoms with Gasteiger partial charge in [0.25, 0.3) is 11.6 Å². The summed E-state index contributed by atoms with van der Waals surface area (Å²) in [5, 5.41) is 19.4. The first kappa shape index (κ1) is 22.7. The van der Waals surface area contributed by atoms with Gasteiger partial charge in [0.15, 0.2) is 6.61 Å². The summed E-state index contributed by atoms with van der Waals surface area (Å²) in [4.78, 5) is 36.2. The number of anilines is 1. The number of nitro groups is 1. The van der Waals surface area contributed by atoms with Crippen LogP contribution >= 0.6 is 34.5 Å². The fourth-order valence-electron chi connectivity index (χ4n) is 3.09. The number of aryl methyl sites for hydroxylation is 1. The van der Waals surface area contributed by atoms with Gasteiger partial charge in [-0.2, -0.15) is 5.10 Å². The number of hydrogen-bond acceptors (Lipinski definition) is 7. The molecule has 0 unspecified atom stereocenters. The van der Waals surface area contributed by atoms with Gasteiger partial charge in [-0.3, -0.25) is 14.9 Å². The van der Waals surface area contributed by atoms with Gasteiger partial charge in [-0.1, -0.05) is 35.3 Å². The van der Waals surface area contributed by atoms with Crippen LogP contribution in [0.4, 0.5) is 11.4 Å². The number of esters is 1. The van der Waals surface area contributed by atoms with Crippen molar-refractivity contribution in [3.05, 3.63) is 79.3 Å². The van der Waals surface area contributed by atoms with Gasteiger partial charge >= 0.3 is 5.97 Å². The number of fused-ring (bicyclic) bond motifs is 1. The number of thiophene rings is 1. The van der Waals surface area contributed by atoms with Gasteiger partial charge in [0, 0.05) is 16.5 Å². The highest BCUT2D eigenvalue weighted by molar-refractivity contribution is 7.20. The first-order valence-electron chi connectivity index (χ1n) is 9.39. The van der Waals surface area contributed by atoms with Gasteiger partial charge in [0.1, 0.15) is 15.4 Å². The second-order valence-corrected chi connectivity index (χ2v) is 8.70. The maximum absolute atomic E-state index is 12.5. The average Bonchev–Trinajstić information content (AvgIpc) is 3.33. The standard InChI is InChI=1S/C21H14Cl2N4O5S/c1-11-13-9-18(33-20(13)26(25-11)16-5-3-2-4-14(16)23)21(29)32-10-19(28)24-15-8-12(22)6-7-17(15)27(30)31/h2-9H,10H2,1H3,(H,24,28). The third-order valence-electron chi connectivity index (χ3n) is 4.59. The van der Waals surface area contributed by atoms with E-state index in [1.165, 1.54) is 18.2 Å². The van der Waals surface area contributed by atoms with Gasteiger partial charge in [-0.05, 0) is 37.3 Å². The summed E-state index contributed by atoms with van der Waals surface area (Å²) in [7, 11) is 0. The molecule has 0 fully saturated rings. The Labute approximate surface area is 200 Å². The smallest absolute Gasteiger partial charge is 0.348 e. The normalized spacial score (nSPS) is 10.9. The molecule has 2 aromatic heterocycles. The van der Waals surface area contributed by atoms with Crippen molar-refractivity contribution >= 4 is 68.0 Å². The third-order valence-corrected chi connectivity index (χ3v) is 6.24. The monoisotopic (exact) mass is 504 g/mol. The Kier molecular flexibility index (Phi) is 6.32. The summed E-state index contributed by atoms with van der Waals surface area (Å²) in [6, 6.07) is 12.6. The van der Waals surface area contributed by atoms with Crippen LogP contribution in [0.1, 0.15) is 15.4 Å². The highest BCUT2D eigenvalue weighted by Crippen LogP contribution is 2.33. The van der Waals surface area contributed by atoms with Gasteiger partial charge in [0.05, 0.1) is 21.3 Å². The first-order chi connectivity index (χ1) is 15.7. The van der Waals surface area contributed by atoms with Crippen molar-refractivity contribution in [2.45, 2.75) is 6.92 Å². The second-order valence-electron chi connectivity index (χ2n) is 6.82. The Morgan fingerprint density at radius 2 is 1.97 bits per heavy atom. The summed E-state index contributed by atoms with van der Waals surface area (Å²) >= 11 is 13.3. The van der Waals surface area contributed by atoms with Crippen molar-refractivity contribution in [1.29, 1.82) is 0 Å². The van der Waals surface area contributed by atoms with Crippen molar-refractivity contribution in [2.24, 2.45) is 0 Å². The molecule has 12 heteroatoms. The zero-order valence-corrected chi connectivity index (χ0v) is 19.2. The molecule has 0 radical (unpaired) electrons. The fourth-order valence-corrected chi connectivity index (χ4v) is 4.55. The van der Waals surface area contributed by atoms with E-state index in [1.54, 1.807) is 22.9 Å². The number of carbonyl (C=O) groups excluding carboxylic acids is 2. The number of amides is 1. The van der Waals surface area contributed by atoms with E-state index in [0.717, 1.165) is 16.7 Å². The Morgan fingerprint density at radius 1 is 1.21 bits per heavy atom. The summed E-state index contributed by atoms with van der Waals surface area (Å²) < 4.78 is 6.75. The molecule has 9 nitrogen and oxygen atoms in total. The molecule has 0 bridgehead atoms. The maximum Gasteiger partial charge on any atom is 0.348 e. The van der Waals surface area contributed by atoms with E-state index in [1.807, 2.05) is 19.1 Å². The Balaban J connectivity index is 1.50. The van der Waals surface area contributed by atoms with Gasteiger partial charge in [0.2, 0.25) is 0 Å². The molecule has 168 valence electrons. The van der Waals surface area contributed by atoms with E-state index in [0.29, 0.717) is 21.2 Å². The number of rotatable bonds is 6. The average molecular weight is 505 g/mol. The molecule has 4 rings (SSSR count). The highest BCUT2D eigenvalue weighted by atomic mass is 35.5. The largest absolute Gasteiger partial charge is 0.451 e. The van der Waals surface area contributed by atoms with E-state index in [2.05, 4.69) is 10.4 Å². The topological polar surface area (TPSA) is 116 Å². The molecule has 0 saturated heterocycles. The lowest BCUT2D eigenvalue weighted by atomic mass is 10.2. The van der Waals surface area contributed by atoms with Crippen molar-refractivity contribution in [1.82, 2.24) is 9.78 Å². The SMILES string of the molecule is Cc1nn(-c2ccccc2Cl)c2sc(C(=O)OCC(=O)Nc3cc(Cl)ccc3[N+](=O)[O-])cc12. The molecule has 0 aliphatic carbocycles. The number of aromatic nitrogens is 2. The molecule has 1 amide bonds. The van der Waals surface area contributed by atoms with Gasteiger partial charge < -0.3 is 10.1 Å². The number of nitrogens with zero attached hydrogens (tertiary/aromatic N) is 3. The van der Waals surface area contributed by atoms with Gasteiger partial charge in [-0.25, -0.2) is 9.48 Å². The van der Waals surface area contributed by atoms with Crippen LogP contribution in [0.15, 0.2) is 48.5 Å². The van der Waals surface area contributed by atoms with Crippen LogP contribution in [0.5, 0.6) is 0 Å². The van der Waals surface area contributed by atoms with Crippen molar-refractivity contribution in [2.75, 3.05) is 11.9 Å². The molecule has 33 heavy (non-hydrogen) atoms. The van der Waals surface area contributed by atoms with Crippen LogP contribution < -0.4 is 5.32 Å². The molecule has 0 aliphatic rings. The van der Waals surface area contributed by atoms with Crippen molar-refractivity contribution in [3.63, 3.8) is 0 Å². The number of carbonyl (C=O) groups is 2. The van der Waals surface area contributed by atoms with E-state index in [-0.39, 0.29) is 21.3 Å². The van der Waals surface area contributed by atoms with Crippen LogP contribution in [0, 0.1) is 17.0 Å². The van der Waals surface area contributed by atoms with Crippen molar-refractivity contribution in [3.8, 4) is 5.69 Å². The summed E-state index contributed by atoms with van der Waals surface area (Å²) in [6.07, 6.45) is 0. The Bertz CT molecular complexity index is 1420. The molecule has 2 aromatic carbocycles. The van der Waals surface area contributed by atoms with Gasteiger partial charge in [-0.15, -0.1) is 11.3 Å². The summed E-state index contributed by atoms with van der Waals surface area (Å²) in [5.74, 6) is -1.45. The lowest BCUT2D eigenvalue weighted by Gasteiger charge is -2.07. The van der Waals surface area contributed by atoms with E-state index in [4.69, 9.17) is 27.9 Å². The van der Waals surface area contributed by atoms with Crippen LogP contribution in [0.2, 0.25) is 10.0 Å². The maximum atomic E-state index is 12.5. The van der Waals surface area contributed by atoms with E-state index in [9.17, 15) is 19.7 Å². The van der Waals surface area contributed by atoms with Crippen LogP contribution in [-0.4, -0.2) is 33.2 Å². The molecular formula is C21H14Cl2N4O5S. The number of benzene rings is 2. The highest BCUT2D eigenvalue weighted by Gasteiger charge is 2.21. The minimum Gasteiger partial charge on any atom is -0.451 e. The summed E-state index contributed by atoms with van der Waals surface area (Å²) in [5.41, 5.74) is 0.946. The zero-order valence-electron chi connectivity index (χ0n) is 16.9. The first-order valence-corrected chi connectivity index (χ1v) is 11.0. The zero-order chi connectivity index (χ0) is 23.7. The Hall–Kier alpha value is -3.47. The molecular weight excluding hydrogens is 491 g/mol. The Morgan fingerprint density at radius 3 is 2.70 bits per heavy atom. The molecule has 0 aliphatic heterocycles. The predicted molar refractivity (Wildman–Crippen MR) is 126 cm³/mol. The molecule has 0 saturated carbocycles. The number of nitro benzene ring substituents is 1. The molecule has 0 atom stereocenters. The summed E-state index contributed by atoms with van der Waals surface area (Å²) in [6.45, 7) is 1.18. The lowest BCUT2D eigenvalue weighted by Crippen LogP contribution is -2.21. The van der Waals surface area contributed by atoms with Crippen LogP contribution in [0.3, 0.4) is 0 Å². The second kappa shape index (κ2) is 9.18. The number of nitrogens with one attached hydrogen (secondary N) is 1. The minimum atomic E-state index is -0.742. The van der Waals surface area contributed by atoms with Crippen molar-refractivity contribution < 1.29 is 19.2 Å². The number of halogens is 2. The fraction of sp³-hybridized carbons (Fsp3) is 0.0952. The molecule has 4 aromatic rings. The quantitative estimate of drug-likeness (QED) is 0.213. The third kappa shape index (κ3) is 4.68. The molecule has 0 spiro atoms. The number of ether oxygens (including phenoxy) is 1. The number of para-hydroxylation sites is 1. The lowest BCUT2D eigenvalue weighted by molar-refractivity contribution is -0.383. The molecule has 2 heterocycles. The molecule has 1 N–H and O–H groups in total. The number of hydrogen-bond donors (Lipinski definition) is 1. The van der Waals surface area contributed by atoms with E-state index < -0.39 is 23.4 Å². The predicted octanol–water partition coefficient (Wildman–Crippen LogP) is 5.41. The van der Waals surface area contributed by atoms with E-state index >= 15 is 0 Å². The minimum absolute atomic E-state index is 0.0918. The van der Waals surface area contributed by atoms with Crippen LogP contribution in [0.25, 0.3) is 15.9 Å².